The molecule has 0 spiro atoms. The fraction of sp³-hybridized carbons (Fsp3) is 0.529. The Morgan fingerprint density at radius 2 is 1.22 bits per heavy atom. The van der Waals surface area contributed by atoms with E-state index in [0.29, 0.717) is 0 Å². The molecular formula is C34H46N2O. The smallest absolute Gasteiger partial charge is 0.128 e. The molecule has 0 N–H and O–H groups in total. The predicted molar refractivity (Wildman–Crippen MR) is 156 cm³/mol. The van der Waals surface area contributed by atoms with Crippen LogP contribution in [0.15, 0.2) is 60.9 Å². The van der Waals surface area contributed by atoms with Gasteiger partial charge in [-0.3, -0.25) is 0 Å². The van der Waals surface area contributed by atoms with Crippen molar-refractivity contribution in [3.63, 3.8) is 0 Å². The van der Waals surface area contributed by atoms with Crippen molar-refractivity contribution in [2.45, 2.75) is 103 Å². The molecule has 1 aromatic heterocycles. The van der Waals surface area contributed by atoms with E-state index < -0.39 is 0 Å². The lowest BCUT2D eigenvalue weighted by atomic mass is 9.99. The van der Waals surface area contributed by atoms with E-state index in [1.807, 2.05) is 12.4 Å². The summed E-state index contributed by atoms with van der Waals surface area (Å²) in [5, 5.41) is 0. The van der Waals surface area contributed by atoms with E-state index in [4.69, 9.17) is 4.74 Å². The molecule has 1 aliphatic rings. The summed E-state index contributed by atoms with van der Waals surface area (Å²) in [5.41, 5.74) is 4.65. The lowest BCUT2D eigenvalue weighted by Gasteiger charge is -2.09. The van der Waals surface area contributed by atoms with Gasteiger partial charge in [-0.2, -0.15) is 0 Å². The van der Waals surface area contributed by atoms with E-state index in [1.54, 1.807) is 0 Å². The molecule has 0 amide bonds. The molecular weight excluding hydrogens is 452 g/mol. The van der Waals surface area contributed by atoms with Crippen LogP contribution >= 0.6 is 0 Å². The van der Waals surface area contributed by atoms with E-state index in [0.717, 1.165) is 48.1 Å². The fourth-order valence-corrected chi connectivity index (χ4v) is 5.50. The summed E-state index contributed by atoms with van der Waals surface area (Å²) in [5.74, 6) is 2.95. The lowest BCUT2D eigenvalue weighted by Crippen LogP contribution is -1.98. The van der Waals surface area contributed by atoms with E-state index in [9.17, 15) is 0 Å². The SMILES string of the molecule is CCCCCCCc1ncc(-c2ccc(-c3ccc(OCCCCCCC4CCCC4)cc3)cc2)cn1. The van der Waals surface area contributed by atoms with Gasteiger partial charge in [0.1, 0.15) is 11.6 Å². The third kappa shape index (κ3) is 9.29. The highest BCUT2D eigenvalue weighted by molar-refractivity contribution is 5.70. The zero-order valence-electron chi connectivity index (χ0n) is 23.0. The molecule has 0 radical (unpaired) electrons. The van der Waals surface area contributed by atoms with Gasteiger partial charge in [-0.15, -0.1) is 0 Å². The second-order valence-corrected chi connectivity index (χ2v) is 10.9. The molecule has 198 valence electrons. The molecule has 2 aromatic carbocycles. The van der Waals surface area contributed by atoms with Gasteiger partial charge in [0, 0.05) is 24.4 Å². The highest BCUT2D eigenvalue weighted by atomic mass is 16.5. The molecule has 3 aromatic rings. The third-order valence-electron chi connectivity index (χ3n) is 7.87. The van der Waals surface area contributed by atoms with Crippen LogP contribution in [0, 0.1) is 5.92 Å². The zero-order valence-corrected chi connectivity index (χ0v) is 23.0. The monoisotopic (exact) mass is 498 g/mol. The van der Waals surface area contributed by atoms with Gasteiger partial charge in [0.2, 0.25) is 0 Å². The molecule has 1 fully saturated rings. The molecule has 0 atom stereocenters. The van der Waals surface area contributed by atoms with Gasteiger partial charge in [-0.1, -0.05) is 120 Å². The van der Waals surface area contributed by atoms with Gasteiger partial charge in [-0.25, -0.2) is 9.97 Å². The summed E-state index contributed by atoms with van der Waals surface area (Å²) < 4.78 is 5.99. The first-order chi connectivity index (χ1) is 18.3. The summed E-state index contributed by atoms with van der Waals surface area (Å²) in [6.45, 7) is 3.07. The van der Waals surface area contributed by atoms with Crippen LogP contribution in [-0.2, 0) is 6.42 Å². The molecule has 37 heavy (non-hydrogen) atoms. The molecule has 1 aliphatic carbocycles. The van der Waals surface area contributed by atoms with E-state index in [-0.39, 0.29) is 0 Å². The Hall–Kier alpha value is -2.68. The largest absolute Gasteiger partial charge is 0.494 e. The number of aryl methyl sites for hydroxylation is 1. The minimum atomic E-state index is 0.817. The maximum atomic E-state index is 5.99. The van der Waals surface area contributed by atoms with Crippen molar-refractivity contribution < 1.29 is 4.74 Å². The van der Waals surface area contributed by atoms with Gasteiger partial charge in [0.15, 0.2) is 0 Å². The first kappa shape index (κ1) is 27.4. The normalized spacial score (nSPS) is 13.8. The van der Waals surface area contributed by atoms with Gasteiger partial charge in [-0.05, 0) is 47.6 Å². The second-order valence-electron chi connectivity index (χ2n) is 10.9. The first-order valence-electron chi connectivity index (χ1n) is 15.0. The number of benzene rings is 2. The standard InChI is InChI=1S/C34H46N2O/c1-2-3-4-5-9-16-34-35-26-32(27-36-34)31-19-17-29(18-20-31)30-21-23-33(24-22-30)37-25-12-7-6-8-13-28-14-10-11-15-28/h17-24,26-28H,2-16,25H2,1H3. The number of aromatic nitrogens is 2. The third-order valence-corrected chi connectivity index (χ3v) is 7.87. The van der Waals surface area contributed by atoms with Crippen LogP contribution in [0.2, 0.25) is 0 Å². The van der Waals surface area contributed by atoms with Crippen LogP contribution in [0.25, 0.3) is 22.3 Å². The second kappa shape index (κ2) is 15.5. The van der Waals surface area contributed by atoms with Crippen molar-refractivity contribution in [1.29, 1.82) is 0 Å². The molecule has 0 bridgehead atoms. The van der Waals surface area contributed by atoms with Gasteiger partial charge >= 0.3 is 0 Å². The zero-order chi connectivity index (χ0) is 25.5. The van der Waals surface area contributed by atoms with Gasteiger partial charge in [0.05, 0.1) is 6.61 Å². The van der Waals surface area contributed by atoms with E-state index >= 15 is 0 Å². The highest BCUT2D eigenvalue weighted by Gasteiger charge is 2.13. The van der Waals surface area contributed by atoms with Crippen LogP contribution in [0.1, 0.15) is 103 Å². The highest BCUT2D eigenvalue weighted by Crippen LogP contribution is 2.29. The summed E-state index contributed by atoms with van der Waals surface area (Å²) >= 11 is 0. The van der Waals surface area contributed by atoms with E-state index in [1.165, 1.54) is 94.6 Å². The minimum absolute atomic E-state index is 0.817. The quantitative estimate of drug-likeness (QED) is 0.184. The number of rotatable bonds is 16. The Bertz CT molecular complexity index is 1010. The predicted octanol–water partition coefficient (Wildman–Crippen LogP) is 9.84. The Morgan fingerprint density at radius 3 is 1.89 bits per heavy atom. The fourth-order valence-electron chi connectivity index (χ4n) is 5.50. The number of unbranched alkanes of at least 4 members (excludes halogenated alkanes) is 7. The Balaban J connectivity index is 1.17. The molecule has 4 rings (SSSR count). The van der Waals surface area contributed by atoms with Crippen molar-refractivity contribution in [1.82, 2.24) is 9.97 Å². The molecule has 0 saturated heterocycles. The number of ether oxygens (including phenoxy) is 1. The summed E-state index contributed by atoms with van der Waals surface area (Å²) in [6, 6.07) is 17.2. The van der Waals surface area contributed by atoms with E-state index in [2.05, 4.69) is 65.4 Å². The van der Waals surface area contributed by atoms with Crippen LogP contribution < -0.4 is 4.74 Å². The number of nitrogens with zero attached hydrogens (tertiary/aromatic N) is 2. The molecule has 1 heterocycles. The lowest BCUT2D eigenvalue weighted by molar-refractivity contribution is 0.303. The van der Waals surface area contributed by atoms with Crippen molar-refractivity contribution in [2.24, 2.45) is 5.92 Å². The molecule has 0 aliphatic heterocycles. The summed E-state index contributed by atoms with van der Waals surface area (Å²) in [4.78, 5) is 9.20. The first-order valence-corrected chi connectivity index (χ1v) is 15.0. The van der Waals surface area contributed by atoms with Gasteiger partial charge < -0.3 is 4.74 Å². The molecule has 1 saturated carbocycles. The Labute approximate surface area is 225 Å². The number of hydrogen-bond acceptors (Lipinski definition) is 3. The van der Waals surface area contributed by atoms with Crippen molar-refractivity contribution >= 4 is 0 Å². The molecule has 3 heteroatoms. The molecule has 3 nitrogen and oxygen atoms in total. The topological polar surface area (TPSA) is 35.0 Å². The van der Waals surface area contributed by atoms with Crippen LogP contribution in [0.5, 0.6) is 5.75 Å². The van der Waals surface area contributed by atoms with Crippen molar-refractivity contribution in [2.75, 3.05) is 6.61 Å². The Morgan fingerprint density at radius 1 is 0.649 bits per heavy atom. The average Bonchev–Trinajstić information content (AvgIpc) is 3.47. The van der Waals surface area contributed by atoms with Gasteiger partial charge in [0.25, 0.3) is 0 Å². The van der Waals surface area contributed by atoms with Crippen LogP contribution in [0.4, 0.5) is 0 Å². The maximum Gasteiger partial charge on any atom is 0.128 e. The average molecular weight is 499 g/mol. The van der Waals surface area contributed by atoms with Crippen LogP contribution in [-0.4, -0.2) is 16.6 Å². The summed E-state index contributed by atoms with van der Waals surface area (Å²) in [7, 11) is 0. The van der Waals surface area contributed by atoms with Crippen molar-refractivity contribution in [3.8, 4) is 28.0 Å². The maximum absolute atomic E-state index is 5.99. The molecule has 0 unspecified atom stereocenters. The number of hydrogen-bond donors (Lipinski definition) is 0. The van der Waals surface area contributed by atoms with Crippen molar-refractivity contribution in [3.05, 3.63) is 66.7 Å². The summed E-state index contributed by atoms with van der Waals surface area (Å²) in [6.07, 6.45) is 23.8. The Kier molecular flexibility index (Phi) is 11.5. The minimum Gasteiger partial charge on any atom is -0.494 e. The van der Waals surface area contributed by atoms with Crippen LogP contribution in [0.3, 0.4) is 0 Å².